The molecule has 0 aliphatic heterocycles. The van der Waals surface area contributed by atoms with Crippen LogP contribution in [0.2, 0.25) is 0 Å². The van der Waals surface area contributed by atoms with Gasteiger partial charge in [0.25, 0.3) is 0 Å². The molecule has 1 heterocycles. The zero-order valence-electron chi connectivity index (χ0n) is 10.0. The molecule has 0 unspecified atom stereocenters. The summed E-state index contributed by atoms with van der Waals surface area (Å²) in [6.45, 7) is 0.792. The minimum atomic E-state index is 0.370. The third-order valence-electron chi connectivity index (χ3n) is 2.23. The number of nitrogens with zero attached hydrogens (tertiary/aromatic N) is 2. The van der Waals surface area contributed by atoms with Gasteiger partial charge < -0.3 is 14.9 Å². The third-order valence-corrected chi connectivity index (χ3v) is 2.94. The number of hydrogen-bond donors (Lipinski definition) is 2. The zero-order chi connectivity index (χ0) is 13.5. The Bertz CT molecular complexity index is 524. The second-order valence-electron chi connectivity index (χ2n) is 3.50. The molecular formula is C12H13BrN4O2. The van der Waals surface area contributed by atoms with Gasteiger partial charge in [-0.2, -0.15) is 0 Å². The van der Waals surface area contributed by atoms with Gasteiger partial charge in [-0.1, -0.05) is 18.2 Å². The highest BCUT2D eigenvalue weighted by atomic mass is 79.9. The van der Waals surface area contributed by atoms with Gasteiger partial charge in [0.2, 0.25) is 5.88 Å². The van der Waals surface area contributed by atoms with Crippen molar-refractivity contribution in [2.45, 2.75) is 0 Å². The molecule has 0 saturated heterocycles. The van der Waals surface area contributed by atoms with Gasteiger partial charge in [-0.05, 0) is 28.1 Å². The van der Waals surface area contributed by atoms with Crippen molar-refractivity contribution in [3.05, 3.63) is 41.1 Å². The maximum atomic E-state index is 5.50. The van der Waals surface area contributed by atoms with Crippen LogP contribution in [0.3, 0.4) is 0 Å². The molecule has 0 aliphatic rings. The van der Waals surface area contributed by atoms with Gasteiger partial charge in [0.05, 0.1) is 0 Å². The molecule has 6 nitrogen and oxygen atoms in total. The van der Waals surface area contributed by atoms with Gasteiger partial charge in [-0.3, -0.25) is 0 Å². The number of ether oxygens (including phenoxy) is 2. The van der Waals surface area contributed by atoms with Crippen molar-refractivity contribution in [2.24, 2.45) is 5.84 Å². The number of anilines is 1. The summed E-state index contributed by atoms with van der Waals surface area (Å²) in [5.41, 5.74) is 2.44. The van der Waals surface area contributed by atoms with Crippen molar-refractivity contribution < 1.29 is 9.47 Å². The Balaban J connectivity index is 1.83. The molecule has 7 heteroatoms. The van der Waals surface area contributed by atoms with Gasteiger partial charge in [0.15, 0.2) is 5.82 Å². The number of nitrogens with one attached hydrogen (secondary N) is 1. The van der Waals surface area contributed by atoms with E-state index in [9.17, 15) is 0 Å². The standard InChI is InChI=1S/C12H13BrN4O2/c13-10-11(17-14)15-8-16-12(10)19-7-6-18-9-4-2-1-3-5-9/h1-5,8H,6-7,14H2,(H,15,16,17). The van der Waals surface area contributed by atoms with Gasteiger partial charge in [-0.25, -0.2) is 15.8 Å². The van der Waals surface area contributed by atoms with Crippen molar-refractivity contribution in [3.8, 4) is 11.6 Å². The fourth-order valence-electron chi connectivity index (χ4n) is 1.37. The van der Waals surface area contributed by atoms with E-state index in [0.29, 0.717) is 29.4 Å². The Labute approximate surface area is 119 Å². The van der Waals surface area contributed by atoms with Gasteiger partial charge in [0, 0.05) is 0 Å². The molecule has 2 rings (SSSR count). The van der Waals surface area contributed by atoms with Crippen LogP contribution in [0.1, 0.15) is 0 Å². The number of nitrogens with two attached hydrogens (primary N) is 1. The maximum Gasteiger partial charge on any atom is 0.233 e. The van der Waals surface area contributed by atoms with E-state index in [1.165, 1.54) is 6.33 Å². The summed E-state index contributed by atoms with van der Waals surface area (Å²) >= 11 is 3.31. The molecule has 100 valence electrons. The van der Waals surface area contributed by atoms with Crippen molar-refractivity contribution in [2.75, 3.05) is 18.6 Å². The number of nitrogen functional groups attached to an aromatic ring is 1. The van der Waals surface area contributed by atoms with Crippen LogP contribution in [0.25, 0.3) is 0 Å². The molecule has 0 saturated carbocycles. The monoisotopic (exact) mass is 324 g/mol. The summed E-state index contributed by atoms with van der Waals surface area (Å²) in [6, 6.07) is 9.53. The fraction of sp³-hybridized carbons (Fsp3) is 0.167. The predicted octanol–water partition coefficient (Wildman–Crippen LogP) is 1.98. The van der Waals surface area contributed by atoms with Crippen LogP contribution in [0.15, 0.2) is 41.1 Å². The Morgan fingerprint density at radius 1 is 1.11 bits per heavy atom. The van der Waals surface area contributed by atoms with E-state index in [1.807, 2.05) is 30.3 Å². The second-order valence-corrected chi connectivity index (χ2v) is 4.29. The lowest BCUT2D eigenvalue weighted by Gasteiger charge is -2.10. The number of benzene rings is 1. The second kappa shape index (κ2) is 6.91. The van der Waals surface area contributed by atoms with Crippen LogP contribution >= 0.6 is 15.9 Å². The molecule has 3 N–H and O–H groups in total. The molecule has 1 aromatic heterocycles. The summed E-state index contributed by atoms with van der Waals surface area (Å²) in [5.74, 6) is 6.99. The number of aromatic nitrogens is 2. The van der Waals surface area contributed by atoms with E-state index >= 15 is 0 Å². The summed E-state index contributed by atoms with van der Waals surface area (Å²) < 4.78 is 11.6. The van der Waals surface area contributed by atoms with E-state index in [4.69, 9.17) is 15.3 Å². The lowest BCUT2D eigenvalue weighted by atomic mass is 10.3. The number of rotatable bonds is 6. The average Bonchev–Trinajstić information content (AvgIpc) is 2.46. The fourth-order valence-corrected chi connectivity index (χ4v) is 1.80. The number of hydrazine groups is 1. The number of hydrogen-bond acceptors (Lipinski definition) is 6. The van der Waals surface area contributed by atoms with Gasteiger partial charge >= 0.3 is 0 Å². The van der Waals surface area contributed by atoms with Gasteiger partial charge in [0.1, 0.15) is 29.8 Å². The minimum Gasteiger partial charge on any atom is -0.490 e. The molecule has 0 aliphatic carbocycles. The average molecular weight is 325 g/mol. The molecule has 2 aromatic rings. The summed E-state index contributed by atoms with van der Waals surface area (Å²) in [6.07, 6.45) is 1.37. The van der Waals surface area contributed by atoms with Crippen molar-refractivity contribution >= 4 is 21.7 Å². The summed E-state index contributed by atoms with van der Waals surface area (Å²) in [7, 11) is 0. The van der Waals surface area contributed by atoms with Gasteiger partial charge in [-0.15, -0.1) is 0 Å². The zero-order valence-corrected chi connectivity index (χ0v) is 11.6. The van der Waals surface area contributed by atoms with Crippen LogP contribution in [0, 0.1) is 0 Å². The first-order chi connectivity index (χ1) is 9.31. The number of halogens is 1. The molecule has 0 amide bonds. The van der Waals surface area contributed by atoms with Crippen LogP contribution in [-0.2, 0) is 0 Å². The summed E-state index contributed by atoms with van der Waals surface area (Å²) in [4.78, 5) is 7.93. The SMILES string of the molecule is NNc1ncnc(OCCOc2ccccc2)c1Br. The largest absolute Gasteiger partial charge is 0.490 e. The smallest absolute Gasteiger partial charge is 0.233 e. The molecule has 0 atom stereocenters. The predicted molar refractivity (Wildman–Crippen MR) is 75.0 cm³/mol. The van der Waals surface area contributed by atoms with Crippen LogP contribution < -0.4 is 20.7 Å². The summed E-state index contributed by atoms with van der Waals surface area (Å²) in [5, 5.41) is 0. The normalized spacial score (nSPS) is 10.0. The topological polar surface area (TPSA) is 82.3 Å². The van der Waals surface area contributed by atoms with Crippen molar-refractivity contribution in [3.63, 3.8) is 0 Å². The first kappa shape index (κ1) is 13.6. The van der Waals surface area contributed by atoms with E-state index < -0.39 is 0 Å². The molecule has 0 radical (unpaired) electrons. The Morgan fingerprint density at radius 3 is 2.58 bits per heavy atom. The molecule has 0 fully saturated rings. The first-order valence-electron chi connectivity index (χ1n) is 5.59. The van der Waals surface area contributed by atoms with Crippen molar-refractivity contribution in [1.29, 1.82) is 0 Å². The Morgan fingerprint density at radius 2 is 1.84 bits per heavy atom. The number of para-hydroxylation sites is 1. The van der Waals surface area contributed by atoms with Crippen LogP contribution in [0.5, 0.6) is 11.6 Å². The van der Waals surface area contributed by atoms with Crippen LogP contribution in [-0.4, -0.2) is 23.2 Å². The minimum absolute atomic E-state index is 0.370. The Kier molecular flexibility index (Phi) is 4.93. The van der Waals surface area contributed by atoms with E-state index in [2.05, 4.69) is 31.3 Å². The maximum absolute atomic E-state index is 5.50. The third kappa shape index (κ3) is 3.80. The van der Waals surface area contributed by atoms with E-state index in [-0.39, 0.29) is 0 Å². The van der Waals surface area contributed by atoms with Crippen molar-refractivity contribution in [1.82, 2.24) is 9.97 Å². The van der Waals surface area contributed by atoms with E-state index in [1.54, 1.807) is 0 Å². The first-order valence-corrected chi connectivity index (χ1v) is 6.38. The molecular weight excluding hydrogens is 312 g/mol. The molecule has 0 bridgehead atoms. The Hall–Kier alpha value is -1.86. The van der Waals surface area contributed by atoms with Crippen LogP contribution in [0.4, 0.5) is 5.82 Å². The van der Waals surface area contributed by atoms with E-state index in [0.717, 1.165) is 5.75 Å². The molecule has 1 aromatic carbocycles. The molecule has 0 spiro atoms. The highest BCUT2D eigenvalue weighted by Crippen LogP contribution is 2.27. The quantitative estimate of drug-likeness (QED) is 0.480. The lowest BCUT2D eigenvalue weighted by molar-refractivity contribution is 0.211. The highest BCUT2D eigenvalue weighted by molar-refractivity contribution is 9.10. The highest BCUT2D eigenvalue weighted by Gasteiger charge is 2.08. The molecule has 19 heavy (non-hydrogen) atoms. The lowest BCUT2D eigenvalue weighted by Crippen LogP contribution is -2.13.